The first-order chi connectivity index (χ1) is 12.7. The molecule has 1 aliphatic rings. The van der Waals surface area contributed by atoms with E-state index in [-0.39, 0.29) is 18.4 Å². The predicted octanol–water partition coefficient (Wildman–Crippen LogP) is 3.84. The lowest BCUT2D eigenvalue weighted by atomic mass is 10.0. The highest BCUT2D eigenvalue weighted by molar-refractivity contribution is 6.27. The summed E-state index contributed by atoms with van der Waals surface area (Å²) in [6, 6.07) is 18.5. The highest BCUT2D eigenvalue weighted by atomic mass is 16.5. The molecule has 3 aromatic carbocycles. The monoisotopic (exact) mass is 346 g/mol. The largest absolute Gasteiger partial charge is 0.484 e. The Hall–Kier alpha value is -3.34. The third-order valence-corrected chi connectivity index (χ3v) is 4.49. The van der Waals surface area contributed by atoms with Crippen molar-refractivity contribution in [2.75, 3.05) is 23.4 Å². The molecule has 5 heteroatoms. The van der Waals surface area contributed by atoms with Crippen molar-refractivity contribution in [3.8, 4) is 5.75 Å². The number of carbonyl (C=O) groups excluding carboxylic acids is 2. The molecular formula is C21H18N2O3. The highest BCUT2D eigenvalue weighted by Crippen LogP contribution is 2.40. The molecule has 0 saturated carbocycles. The van der Waals surface area contributed by atoms with Gasteiger partial charge < -0.3 is 15.0 Å². The van der Waals surface area contributed by atoms with Crippen molar-refractivity contribution in [2.45, 2.75) is 6.92 Å². The molecule has 1 heterocycles. The van der Waals surface area contributed by atoms with Crippen LogP contribution in [0.1, 0.15) is 17.3 Å². The number of hydrogen-bond acceptors (Lipinski definition) is 3. The Labute approximate surface area is 151 Å². The van der Waals surface area contributed by atoms with Crippen LogP contribution in [-0.4, -0.2) is 25.0 Å². The molecule has 130 valence electrons. The Balaban J connectivity index is 1.60. The minimum absolute atomic E-state index is 0.00369. The molecule has 1 N–H and O–H groups in total. The second-order valence-corrected chi connectivity index (χ2v) is 6.06. The zero-order valence-electron chi connectivity index (χ0n) is 14.4. The van der Waals surface area contributed by atoms with Crippen LogP contribution in [-0.2, 0) is 4.79 Å². The number of amides is 2. The van der Waals surface area contributed by atoms with Crippen molar-refractivity contribution in [3.63, 3.8) is 0 Å². The van der Waals surface area contributed by atoms with E-state index in [1.54, 1.807) is 17.0 Å². The number of nitrogens with one attached hydrogen (secondary N) is 1. The molecule has 0 fully saturated rings. The summed E-state index contributed by atoms with van der Waals surface area (Å²) in [6.45, 7) is 2.48. The van der Waals surface area contributed by atoms with Crippen LogP contribution in [0.5, 0.6) is 5.75 Å². The van der Waals surface area contributed by atoms with E-state index < -0.39 is 0 Å². The minimum Gasteiger partial charge on any atom is -0.484 e. The van der Waals surface area contributed by atoms with Gasteiger partial charge in [0.15, 0.2) is 6.61 Å². The number of benzene rings is 3. The van der Waals surface area contributed by atoms with Crippen molar-refractivity contribution in [1.82, 2.24) is 0 Å². The van der Waals surface area contributed by atoms with Crippen LogP contribution in [0.25, 0.3) is 10.8 Å². The molecule has 0 aliphatic carbocycles. The maximum Gasteiger partial charge on any atom is 0.262 e. The van der Waals surface area contributed by atoms with E-state index in [0.717, 1.165) is 16.5 Å². The van der Waals surface area contributed by atoms with Crippen LogP contribution < -0.4 is 15.0 Å². The van der Waals surface area contributed by atoms with Crippen molar-refractivity contribution in [2.24, 2.45) is 0 Å². The molecule has 0 saturated heterocycles. The van der Waals surface area contributed by atoms with Gasteiger partial charge in [0.25, 0.3) is 11.8 Å². The fourth-order valence-electron chi connectivity index (χ4n) is 3.32. The van der Waals surface area contributed by atoms with Crippen LogP contribution in [0.3, 0.4) is 0 Å². The van der Waals surface area contributed by atoms with Crippen molar-refractivity contribution >= 4 is 34.0 Å². The second-order valence-electron chi connectivity index (χ2n) is 6.06. The summed E-state index contributed by atoms with van der Waals surface area (Å²) in [5.74, 6) is 0.405. The Bertz CT molecular complexity index is 999. The van der Waals surface area contributed by atoms with E-state index in [2.05, 4.69) is 5.32 Å². The summed E-state index contributed by atoms with van der Waals surface area (Å²) in [4.78, 5) is 26.6. The fraction of sp³-hybridized carbons (Fsp3) is 0.143. The van der Waals surface area contributed by atoms with Gasteiger partial charge in [-0.1, -0.05) is 30.3 Å². The highest BCUT2D eigenvalue weighted by Gasteiger charge is 2.29. The summed E-state index contributed by atoms with van der Waals surface area (Å²) in [5.41, 5.74) is 2.25. The van der Waals surface area contributed by atoms with E-state index in [4.69, 9.17) is 4.74 Å². The second kappa shape index (κ2) is 6.52. The number of hydrogen-bond donors (Lipinski definition) is 1. The van der Waals surface area contributed by atoms with Gasteiger partial charge in [0.1, 0.15) is 5.75 Å². The average molecular weight is 346 g/mol. The van der Waals surface area contributed by atoms with E-state index in [1.807, 2.05) is 55.5 Å². The van der Waals surface area contributed by atoms with E-state index in [1.165, 1.54) is 0 Å². The third-order valence-electron chi connectivity index (χ3n) is 4.49. The first kappa shape index (κ1) is 16.1. The number of para-hydroxylation sites is 1. The van der Waals surface area contributed by atoms with Crippen molar-refractivity contribution in [1.29, 1.82) is 0 Å². The molecule has 0 bridgehead atoms. The third kappa shape index (κ3) is 2.67. The molecule has 0 radical (unpaired) electrons. The average Bonchev–Trinajstić information content (AvgIpc) is 2.96. The quantitative estimate of drug-likeness (QED) is 0.764. The van der Waals surface area contributed by atoms with Crippen LogP contribution >= 0.6 is 0 Å². The van der Waals surface area contributed by atoms with E-state index in [0.29, 0.717) is 23.5 Å². The predicted molar refractivity (Wildman–Crippen MR) is 102 cm³/mol. The summed E-state index contributed by atoms with van der Waals surface area (Å²) in [6.07, 6.45) is 0. The maximum absolute atomic E-state index is 12.5. The molecule has 26 heavy (non-hydrogen) atoms. The van der Waals surface area contributed by atoms with Crippen LogP contribution in [0, 0.1) is 0 Å². The Morgan fingerprint density at radius 2 is 1.85 bits per heavy atom. The van der Waals surface area contributed by atoms with Crippen LogP contribution in [0.4, 0.5) is 11.4 Å². The van der Waals surface area contributed by atoms with E-state index >= 15 is 0 Å². The minimum atomic E-state index is -0.244. The normalized spacial score (nSPS) is 12.5. The summed E-state index contributed by atoms with van der Waals surface area (Å²) in [7, 11) is 0. The van der Waals surface area contributed by atoms with Gasteiger partial charge in [0.2, 0.25) is 0 Å². The topological polar surface area (TPSA) is 58.6 Å². The molecule has 2 amide bonds. The molecule has 4 rings (SSSR count). The van der Waals surface area contributed by atoms with Gasteiger partial charge >= 0.3 is 0 Å². The zero-order valence-corrected chi connectivity index (χ0v) is 14.4. The van der Waals surface area contributed by atoms with E-state index in [9.17, 15) is 9.59 Å². The maximum atomic E-state index is 12.5. The van der Waals surface area contributed by atoms with Gasteiger partial charge in [-0.3, -0.25) is 9.59 Å². The number of anilines is 2. The SMILES string of the molecule is CCN1C(=O)c2cccc3c(NC(=O)COc4ccccc4)ccc1c23. The van der Waals surface area contributed by atoms with Crippen LogP contribution in [0.2, 0.25) is 0 Å². The fourth-order valence-corrected chi connectivity index (χ4v) is 3.32. The Kier molecular flexibility index (Phi) is 4.05. The van der Waals surface area contributed by atoms with Crippen molar-refractivity contribution < 1.29 is 14.3 Å². The zero-order chi connectivity index (χ0) is 18.1. The molecule has 0 aromatic heterocycles. The molecule has 1 aliphatic heterocycles. The van der Waals surface area contributed by atoms with Crippen LogP contribution in [0.15, 0.2) is 60.7 Å². The van der Waals surface area contributed by atoms with Gasteiger partial charge in [-0.25, -0.2) is 0 Å². The van der Waals surface area contributed by atoms with Gasteiger partial charge in [-0.2, -0.15) is 0 Å². The summed E-state index contributed by atoms with van der Waals surface area (Å²) >= 11 is 0. The molecule has 0 atom stereocenters. The van der Waals surface area contributed by atoms with Gasteiger partial charge in [-0.05, 0) is 37.3 Å². The number of ether oxygens (including phenoxy) is 1. The Morgan fingerprint density at radius 3 is 2.62 bits per heavy atom. The summed E-state index contributed by atoms with van der Waals surface area (Å²) in [5, 5.41) is 4.64. The molecule has 0 spiro atoms. The number of rotatable bonds is 5. The van der Waals surface area contributed by atoms with Crippen molar-refractivity contribution in [3.05, 3.63) is 66.2 Å². The lowest BCUT2D eigenvalue weighted by Crippen LogP contribution is -2.25. The number of nitrogens with zero attached hydrogens (tertiary/aromatic N) is 1. The smallest absolute Gasteiger partial charge is 0.262 e. The van der Waals surface area contributed by atoms with Gasteiger partial charge in [-0.15, -0.1) is 0 Å². The first-order valence-corrected chi connectivity index (χ1v) is 8.54. The molecule has 0 unspecified atom stereocenters. The lowest BCUT2D eigenvalue weighted by molar-refractivity contribution is -0.118. The summed E-state index contributed by atoms with van der Waals surface area (Å²) < 4.78 is 5.49. The molecule has 3 aromatic rings. The standard InChI is InChI=1S/C21H18N2O3/c1-2-23-18-12-11-17(15-9-6-10-16(20(15)18)21(23)25)22-19(24)13-26-14-7-4-3-5-8-14/h3-12H,2,13H2,1H3,(H,22,24). The molecule has 5 nitrogen and oxygen atoms in total. The lowest BCUT2D eigenvalue weighted by Gasteiger charge is -2.15. The first-order valence-electron chi connectivity index (χ1n) is 8.54. The number of carbonyl (C=O) groups is 2. The van der Waals surface area contributed by atoms with Gasteiger partial charge in [0.05, 0.1) is 5.69 Å². The van der Waals surface area contributed by atoms with Gasteiger partial charge in [0, 0.05) is 28.6 Å². The Morgan fingerprint density at radius 1 is 1.04 bits per heavy atom. The molecular weight excluding hydrogens is 328 g/mol.